The smallest absolute Gasteiger partial charge is 0.0616 e. The minimum Gasteiger partial charge on any atom is -0.0616 e. The van der Waals surface area contributed by atoms with Crippen molar-refractivity contribution < 1.29 is 0 Å². The van der Waals surface area contributed by atoms with Gasteiger partial charge in [-0.15, -0.1) is 0 Å². The molecule has 1 heteroatoms. The molecule has 52 heavy (non-hydrogen) atoms. The Bertz CT molecular complexity index is 2120. The Balaban J connectivity index is 0.000000531. The van der Waals surface area contributed by atoms with Crippen LogP contribution in [-0.4, -0.2) is 12.4 Å². The fraction of sp³-hybridized carbons (Fsp3) is 0.235. The van der Waals surface area contributed by atoms with Crippen molar-refractivity contribution in [3.05, 3.63) is 185 Å². The predicted molar refractivity (Wildman–Crippen MR) is 242 cm³/mol. The molecule has 1 aliphatic rings. The Morgan fingerprint density at radius 3 is 1.90 bits per heavy atom. The molecule has 0 fully saturated rings. The van der Waals surface area contributed by atoms with Crippen LogP contribution in [0, 0.1) is 0 Å². The van der Waals surface area contributed by atoms with Crippen LogP contribution in [0.2, 0.25) is 6.32 Å². The SMILES string of the molecule is C=C(C)C(=C)/C=C\C=C/C.CC.CCC.C\C=c1/c(=C\C=C\C2=C(c3cccc(C(C)=BCC)c3)C=CCC=C2)c2ccccc2c2ccccc12. The molecule has 268 valence electrons. The molecule has 4 aromatic carbocycles. The van der Waals surface area contributed by atoms with Gasteiger partial charge in [-0.3, -0.25) is 0 Å². The van der Waals surface area contributed by atoms with E-state index in [2.05, 4.69) is 176 Å². The Morgan fingerprint density at radius 1 is 0.731 bits per heavy atom. The van der Waals surface area contributed by atoms with Crippen LogP contribution in [0.1, 0.15) is 86.3 Å². The molecule has 0 heterocycles. The summed E-state index contributed by atoms with van der Waals surface area (Å²) in [6.07, 6.45) is 29.1. The van der Waals surface area contributed by atoms with Crippen LogP contribution in [0.25, 0.3) is 39.3 Å². The summed E-state index contributed by atoms with van der Waals surface area (Å²) in [6, 6.07) is 26.4. The van der Waals surface area contributed by atoms with E-state index in [-0.39, 0.29) is 0 Å². The first-order valence-corrected chi connectivity index (χ1v) is 19.0. The number of allylic oxidation sites excluding steroid dienone is 14. The van der Waals surface area contributed by atoms with Crippen molar-refractivity contribution in [2.45, 2.75) is 81.5 Å². The molecule has 0 aliphatic heterocycles. The maximum atomic E-state index is 3.81. The summed E-state index contributed by atoms with van der Waals surface area (Å²) in [6.45, 7) is 28.6. The predicted octanol–water partition coefficient (Wildman–Crippen LogP) is 13.5. The van der Waals surface area contributed by atoms with Crippen LogP contribution >= 0.6 is 0 Å². The monoisotopic (exact) mass is 684 g/mol. The minimum absolute atomic E-state index is 0.948. The van der Waals surface area contributed by atoms with Crippen molar-refractivity contribution in [1.82, 2.24) is 0 Å². The molecule has 0 saturated carbocycles. The zero-order valence-electron chi connectivity index (χ0n) is 33.5. The Morgan fingerprint density at radius 2 is 1.33 bits per heavy atom. The van der Waals surface area contributed by atoms with Gasteiger partial charge < -0.3 is 0 Å². The van der Waals surface area contributed by atoms with E-state index in [0.717, 1.165) is 23.9 Å². The first-order valence-electron chi connectivity index (χ1n) is 19.0. The molecule has 0 atom stereocenters. The van der Waals surface area contributed by atoms with Gasteiger partial charge in [0.25, 0.3) is 0 Å². The van der Waals surface area contributed by atoms with Crippen LogP contribution in [0.4, 0.5) is 0 Å². The molecule has 0 bridgehead atoms. The average molecular weight is 685 g/mol. The van der Waals surface area contributed by atoms with Crippen molar-refractivity contribution in [3.63, 3.8) is 0 Å². The Kier molecular flexibility index (Phi) is 20.1. The van der Waals surface area contributed by atoms with Gasteiger partial charge in [-0.2, -0.15) is 0 Å². The van der Waals surface area contributed by atoms with E-state index >= 15 is 0 Å². The van der Waals surface area contributed by atoms with E-state index in [0.29, 0.717) is 0 Å². The van der Waals surface area contributed by atoms with E-state index in [1.807, 2.05) is 52.0 Å². The van der Waals surface area contributed by atoms with Crippen molar-refractivity contribution in [1.29, 1.82) is 0 Å². The van der Waals surface area contributed by atoms with Crippen LogP contribution < -0.4 is 10.4 Å². The molecule has 0 spiro atoms. The van der Waals surface area contributed by atoms with Gasteiger partial charge in [0.05, 0.1) is 0 Å². The Hall–Kier alpha value is -5.01. The van der Waals surface area contributed by atoms with E-state index < -0.39 is 0 Å². The quantitative estimate of drug-likeness (QED) is 0.0984. The van der Waals surface area contributed by atoms with Gasteiger partial charge in [0.1, 0.15) is 0 Å². The minimum atomic E-state index is 0.948. The number of hydrogen-bond donors (Lipinski definition) is 0. The third kappa shape index (κ3) is 12.6. The molecule has 0 radical (unpaired) electrons. The van der Waals surface area contributed by atoms with Gasteiger partial charge in [-0.1, -0.05) is 120 Å². The van der Waals surface area contributed by atoms with Gasteiger partial charge in [0.15, 0.2) is 0 Å². The summed E-state index contributed by atoms with van der Waals surface area (Å²) in [5.74, 6) is 0. The van der Waals surface area contributed by atoms with Crippen molar-refractivity contribution in [3.8, 4) is 0 Å². The van der Waals surface area contributed by atoms with Gasteiger partial charge in [0.2, 0.25) is 0 Å². The zero-order chi connectivity index (χ0) is 38.3. The normalized spacial score (nSPS) is 13.4. The molecule has 0 aromatic heterocycles. The summed E-state index contributed by atoms with van der Waals surface area (Å²) >= 11 is 0. The van der Waals surface area contributed by atoms with Gasteiger partial charge >= 0.3 is 167 Å². The second kappa shape index (κ2) is 24.2. The molecule has 1 aliphatic carbocycles. The third-order valence-corrected chi connectivity index (χ3v) is 8.30. The average Bonchev–Trinajstić information content (AvgIpc) is 3.42. The first-order chi connectivity index (χ1) is 25.3. The van der Waals surface area contributed by atoms with Gasteiger partial charge in [0, 0.05) is 0 Å². The summed E-state index contributed by atoms with van der Waals surface area (Å²) in [5.41, 5.74) is 8.35. The second-order valence-electron chi connectivity index (χ2n) is 12.4. The van der Waals surface area contributed by atoms with Crippen molar-refractivity contribution in [2.24, 2.45) is 0 Å². The number of fused-ring (bicyclic) bond motifs is 3. The molecule has 5 rings (SSSR count). The fourth-order valence-corrected chi connectivity index (χ4v) is 5.77. The summed E-state index contributed by atoms with van der Waals surface area (Å²) < 4.78 is 0. The number of hydrogen-bond acceptors (Lipinski definition) is 0. The van der Waals surface area contributed by atoms with Gasteiger partial charge in [-0.05, 0) is 31.7 Å². The van der Waals surface area contributed by atoms with Crippen molar-refractivity contribution in [2.75, 3.05) is 0 Å². The fourth-order valence-electron chi connectivity index (χ4n) is 5.77. The van der Waals surface area contributed by atoms with Crippen LogP contribution in [-0.2, 0) is 0 Å². The number of rotatable bonds is 8. The van der Waals surface area contributed by atoms with Crippen molar-refractivity contribution >= 4 is 51.7 Å². The molecular weight excluding hydrogens is 623 g/mol. The zero-order valence-corrected chi connectivity index (χ0v) is 33.5. The molecule has 0 saturated heterocycles. The van der Waals surface area contributed by atoms with E-state index in [1.165, 1.54) is 66.1 Å². The molecule has 0 nitrogen and oxygen atoms in total. The van der Waals surface area contributed by atoms with Crippen LogP contribution in [0.3, 0.4) is 0 Å². The van der Waals surface area contributed by atoms with E-state index in [4.69, 9.17) is 0 Å². The maximum absolute atomic E-state index is 3.81. The first kappa shape index (κ1) is 43.2. The van der Waals surface area contributed by atoms with Gasteiger partial charge in [-0.25, -0.2) is 0 Å². The summed E-state index contributed by atoms with van der Waals surface area (Å²) in [7, 11) is 0. The third-order valence-electron chi connectivity index (χ3n) is 8.30. The molecular formula is C51H61B. The van der Waals surface area contributed by atoms with Crippen LogP contribution in [0.5, 0.6) is 0 Å². The molecule has 0 N–H and O–H groups in total. The number of benzene rings is 4. The van der Waals surface area contributed by atoms with Crippen LogP contribution in [0.15, 0.2) is 163 Å². The van der Waals surface area contributed by atoms with E-state index in [9.17, 15) is 0 Å². The standard InChI is InChI=1S/C36H33B.C10H14.C3H8.C2H6/c1-4-30-32-20-9-10-21-34(32)36-23-12-11-22-35(36)33(30)24-14-16-27-15-7-6-8-19-31(27)29-18-13-17-28(25-29)26(3)37-5-2;1-5-6-7-8-10(4)9(2)3;1-3-2;1-2/h4,7-25H,5-6H2,1-3H3;5-8H,2,4H2,1,3H3;3H2,1-2H3;1-2H3/b16-14+,30-4-,33-24+;6-5-,8-7-;;. The summed E-state index contributed by atoms with van der Waals surface area (Å²) in [5, 5.41) is 7.75. The molecule has 4 aromatic rings. The molecule has 0 amide bonds. The summed E-state index contributed by atoms with van der Waals surface area (Å²) in [4.78, 5) is 0. The van der Waals surface area contributed by atoms with E-state index in [1.54, 1.807) is 0 Å². The topological polar surface area (TPSA) is 0 Å². The molecule has 0 unspecified atom stereocenters. The Labute approximate surface area is 317 Å². The second-order valence-corrected chi connectivity index (χ2v) is 12.4.